The highest BCUT2D eigenvalue weighted by atomic mass is 32.2. The lowest BCUT2D eigenvalue weighted by Crippen LogP contribution is -2.29. The van der Waals surface area contributed by atoms with E-state index < -0.39 is 10.0 Å². The number of benzene rings is 2. The molecule has 6 nitrogen and oxygen atoms in total. The van der Waals surface area contributed by atoms with Gasteiger partial charge in [-0.05, 0) is 37.1 Å². The van der Waals surface area contributed by atoms with Crippen LogP contribution < -0.4 is 14.2 Å². The van der Waals surface area contributed by atoms with Crippen LogP contribution in [0.15, 0.2) is 47.4 Å². The monoisotopic (exact) mass is 379 g/mol. The van der Waals surface area contributed by atoms with Gasteiger partial charge < -0.3 is 14.2 Å². The standard InChI is InChI=1S/C19H25NO5S/c1-15-13-17(23-3)18(24-4)14-19(15)26(21,22)20(2)11-8-12-25-16-9-6-5-7-10-16/h5-7,9-10,13-14H,8,11-12H2,1-4H3. The fourth-order valence-corrected chi connectivity index (χ4v) is 3.95. The molecule has 2 rings (SSSR count). The molecule has 2 aromatic carbocycles. The van der Waals surface area contributed by atoms with Gasteiger partial charge >= 0.3 is 0 Å². The molecule has 0 amide bonds. The summed E-state index contributed by atoms with van der Waals surface area (Å²) >= 11 is 0. The van der Waals surface area contributed by atoms with Crippen molar-refractivity contribution in [2.24, 2.45) is 0 Å². The topological polar surface area (TPSA) is 65.1 Å². The smallest absolute Gasteiger partial charge is 0.243 e. The summed E-state index contributed by atoms with van der Waals surface area (Å²) in [6.07, 6.45) is 0.580. The van der Waals surface area contributed by atoms with Crippen LogP contribution in [0.3, 0.4) is 0 Å². The van der Waals surface area contributed by atoms with Crippen molar-refractivity contribution < 1.29 is 22.6 Å². The number of methoxy groups -OCH3 is 2. The molecule has 26 heavy (non-hydrogen) atoms. The Morgan fingerprint density at radius 2 is 1.62 bits per heavy atom. The van der Waals surface area contributed by atoms with Crippen molar-refractivity contribution >= 4 is 10.0 Å². The molecule has 0 aliphatic rings. The second-order valence-corrected chi connectivity index (χ2v) is 7.83. The molecule has 0 atom stereocenters. The maximum Gasteiger partial charge on any atom is 0.243 e. The van der Waals surface area contributed by atoms with E-state index in [1.807, 2.05) is 30.3 Å². The van der Waals surface area contributed by atoms with Gasteiger partial charge in [0.1, 0.15) is 5.75 Å². The molecule has 0 aliphatic heterocycles. The lowest BCUT2D eigenvalue weighted by molar-refractivity contribution is 0.296. The van der Waals surface area contributed by atoms with E-state index in [-0.39, 0.29) is 4.90 Å². The Hall–Kier alpha value is -2.25. The van der Waals surface area contributed by atoms with Gasteiger partial charge in [-0.1, -0.05) is 18.2 Å². The van der Waals surface area contributed by atoms with Crippen LogP contribution >= 0.6 is 0 Å². The van der Waals surface area contributed by atoms with E-state index >= 15 is 0 Å². The summed E-state index contributed by atoms with van der Waals surface area (Å²) in [7, 11) is 0.932. The molecular formula is C19H25NO5S. The first-order chi connectivity index (χ1) is 12.4. The Morgan fingerprint density at radius 1 is 1.00 bits per heavy atom. The van der Waals surface area contributed by atoms with Crippen LogP contribution in [0.1, 0.15) is 12.0 Å². The predicted octanol–water partition coefficient (Wildman–Crippen LogP) is 3.10. The normalized spacial score (nSPS) is 11.4. The van der Waals surface area contributed by atoms with Crippen molar-refractivity contribution in [3.8, 4) is 17.2 Å². The van der Waals surface area contributed by atoms with Crippen LogP contribution in [0.2, 0.25) is 0 Å². The van der Waals surface area contributed by atoms with Crippen LogP contribution in [0, 0.1) is 6.92 Å². The molecule has 2 aromatic rings. The number of hydrogen-bond donors (Lipinski definition) is 0. The molecule has 0 bridgehead atoms. The van der Waals surface area contributed by atoms with Gasteiger partial charge in [0.15, 0.2) is 11.5 Å². The number of ether oxygens (including phenoxy) is 3. The summed E-state index contributed by atoms with van der Waals surface area (Å²) in [5.41, 5.74) is 0.607. The summed E-state index contributed by atoms with van der Waals surface area (Å²) in [6, 6.07) is 12.6. The highest BCUT2D eigenvalue weighted by Gasteiger charge is 2.24. The van der Waals surface area contributed by atoms with E-state index in [0.29, 0.717) is 36.6 Å². The minimum atomic E-state index is -3.63. The summed E-state index contributed by atoms with van der Waals surface area (Å²) < 4.78 is 43.1. The number of sulfonamides is 1. The average Bonchev–Trinajstić information content (AvgIpc) is 2.65. The molecule has 7 heteroatoms. The Labute approximate surface area is 155 Å². The summed E-state index contributed by atoms with van der Waals surface area (Å²) in [4.78, 5) is 0.210. The Balaban J connectivity index is 2.04. The Kier molecular flexibility index (Phi) is 6.88. The van der Waals surface area contributed by atoms with Crippen LogP contribution in [-0.4, -0.2) is 47.1 Å². The molecule has 0 spiro atoms. The van der Waals surface area contributed by atoms with Gasteiger partial charge in [0, 0.05) is 19.7 Å². The Morgan fingerprint density at radius 3 is 2.23 bits per heavy atom. The van der Waals surface area contributed by atoms with E-state index in [0.717, 1.165) is 5.75 Å². The first-order valence-electron chi connectivity index (χ1n) is 8.27. The zero-order valence-corrected chi connectivity index (χ0v) is 16.4. The van der Waals surface area contributed by atoms with Gasteiger partial charge in [-0.25, -0.2) is 12.7 Å². The second kappa shape index (κ2) is 8.91. The van der Waals surface area contributed by atoms with Crippen LogP contribution in [0.5, 0.6) is 17.2 Å². The maximum absolute atomic E-state index is 12.9. The first-order valence-corrected chi connectivity index (χ1v) is 9.71. The van der Waals surface area contributed by atoms with E-state index in [1.54, 1.807) is 20.0 Å². The number of hydrogen-bond acceptors (Lipinski definition) is 5. The highest BCUT2D eigenvalue weighted by molar-refractivity contribution is 7.89. The van der Waals surface area contributed by atoms with Gasteiger partial charge in [0.2, 0.25) is 10.0 Å². The lowest BCUT2D eigenvalue weighted by Gasteiger charge is -2.20. The molecule has 0 radical (unpaired) electrons. The third-order valence-corrected chi connectivity index (χ3v) is 6.00. The van der Waals surface area contributed by atoms with E-state index in [4.69, 9.17) is 14.2 Å². The minimum Gasteiger partial charge on any atom is -0.494 e. The average molecular weight is 379 g/mol. The number of para-hydroxylation sites is 1. The highest BCUT2D eigenvalue weighted by Crippen LogP contribution is 2.33. The van der Waals surface area contributed by atoms with Crippen molar-refractivity contribution in [3.63, 3.8) is 0 Å². The van der Waals surface area contributed by atoms with Gasteiger partial charge in [0.25, 0.3) is 0 Å². The zero-order chi connectivity index (χ0) is 19.2. The van der Waals surface area contributed by atoms with Gasteiger partial charge in [0.05, 0.1) is 25.7 Å². The Bertz CT molecular complexity index is 821. The van der Waals surface area contributed by atoms with Crippen molar-refractivity contribution in [3.05, 3.63) is 48.0 Å². The molecule has 142 valence electrons. The molecule has 0 fully saturated rings. The zero-order valence-electron chi connectivity index (χ0n) is 15.6. The molecule has 0 unspecified atom stereocenters. The molecule has 0 saturated heterocycles. The number of rotatable bonds is 9. The van der Waals surface area contributed by atoms with Gasteiger partial charge in [-0.3, -0.25) is 0 Å². The quantitative estimate of drug-likeness (QED) is 0.627. The van der Waals surface area contributed by atoms with Crippen LogP contribution in [0.25, 0.3) is 0 Å². The van der Waals surface area contributed by atoms with Crippen LogP contribution in [-0.2, 0) is 10.0 Å². The van der Waals surface area contributed by atoms with Crippen molar-refractivity contribution in [2.75, 3.05) is 34.4 Å². The fraction of sp³-hybridized carbons (Fsp3) is 0.368. The van der Waals surface area contributed by atoms with Crippen molar-refractivity contribution in [1.82, 2.24) is 4.31 Å². The molecule has 0 aliphatic carbocycles. The third kappa shape index (κ3) is 4.68. The van der Waals surface area contributed by atoms with E-state index in [1.165, 1.54) is 24.6 Å². The largest absolute Gasteiger partial charge is 0.494 e. The molecular weight excluding hydrogens is 354 g/mol. The summed E-state index contributed by atoms with van der Waals surface area (Å²) in [5, 5.41) is 0. The van der Waals surface area contributed by atoms with Crippen LogP contribution in [0.4, 0.5) is 0 Å². The molecule has 0 aromatic heterocycles. The van der Waals surface area contributed by atoms with Gasteiger partial charge in [-0.15, -0.1) is 0 Å². The van der Waals surface area contributed by atoms with E-state index in [9.17, 15) is 8.42 Å². The summed E-state index contributed by atoms with van der Waals surface area (Å²) in [5.74, 6) is 1.66. The molecule has 0 N–H and O–H groups in total. The number of aryl methyl sites for hydroxylation is 1. The molecule has 0 saturated carbocycles. The molecule has 0 heterocycles. The second-order valence-electron chi connectivity index (χ2n) is 5.81. The fourth-order valence-electron chi connectivity index (χ4n) is 2.52. The third-order valence-electron chi connectivity index (χ3n) is 4.00. The number of nitrogens with zero attached hydrogens (tertiary/aromatic N) is 1. The maximum atomic E-state index is 12.9. The minimum absolute atomic E-state index is 0.210. The van der Waals surface area contributed by atoms with E-state index in [2.05, 4.69) is 0 Å². The first kappa shape index (κ1) is 20.1. The van der Waals surface area contributed by atoms with Gasteiger partial charge in [-0.2, -0.15) is 0 Å². The van der Waals surface area contributed by atoms with Crippen molar-refractivity contribution in [2.45, 2.75) is 18.2 Å². The lowest BCUT2D eigenvalue weighted by atomic mass is 10.2. The SMILES string of the molecule is COc1cc(C)c(S(=O)(=O)N(C)CCCOc2ccccc2)cc1OC. The summed E-state index contributed by atoms with van der Waals surface area (Å²) in [6.45, 7) is 2.53. The van der Waals surface area contributed by atoms with Crippen molar-refractivity contribution in [1.29, 1.82) is 0 Å². The predicted molar refractivity (Wildman–Crippen MR) is 101 cm³/mol.